The predicted octanol–water partition coefficient (Wildman–Crippen LogP) is 2.77. The average Bonchev–Trinajstić information content (AvgIpc) is 3.23. The summed E-state index contributed by atoms with van der Waals surface area (Å²) in [5, 5.41) is 20.1. The van der Waals surface area contributed by atoms with Crippen molar-refractivity contribution in [1.82, 2.24) is 25.3 Å². The number of alkyl halides is 4. The van der Waals surface area contributed by atoms with Gasteiger partial charge in [0.2, 0.25) is 5.91 Å². The first-order valence-corrected chi connectivity index (χ1v) is 12.4. The van der Waals surface area contributed by atoms with Crippen LogP contribution in [0.1, 0.15) is 36.4 Å². The number of benzene rings is 1. The van der Waals surface area contributed by atoms with E-state index in [4.69, 9.17) is 4.74 Å². The molecule has 1 aromatic heterocycles. The molecule has 3 N–H and O–H groups in total. The number of halogens is 4. The molecule has 1 aliphatic rings. The van der Waals surface area contributed by atoms with Gasteiger partial charge in [-0.15, -0.1) is 0 Å². The molecule has 3 rings (SSSR count). The van der Waals surface area contributed by atoms with Crippen molar-refractivity contribution >= 4 is 5.91 Å². The number of piperazine rings is 1. The van der Waals surface area contributed by atoms with Crippen LogP contribution in [0.3, 0.4) is 0 Å². The molecule has 0 aliphatic carbocycles. The Balaban J connectivity index is 1.34. The van der Waals surface area contributed by atoms with E-state index in [-0.39, 0.29) is 31.4 Å². The first kappa shape index (κ1) is 28.9. The lowest BCUT2D eigenvalue weighted by Gasteiger charge is -2.35. The SMILES string of the molecule is CC(C)Cc1n[nH]c(CNC(=O)CN2CCN(C[C@@H](O)COc3ccc(C(F)(F)F)cc3)CC2)c1CF. The zero-order valence-electron chi connectivity index (χ0n) is 21.2. The molecule has 1 aliphatic heterocycles. The largest absolute Gasteiger partial charge is 0.491 e. The highest BCUT2D eigenvalue weighted by Gasteiger charge is 2.30. The molecule has 0 saturated carbocycles. The van der Waals surface area contributed by atoms with Crippen LogP contribution in [0.2, 0.25) is 0 Å². The number of aromatic nitrogens is 2. The summed E-state index contributed by atoms with van der Waals surface area (Å²) in [7, 11) is 0. The lowest BCUT2D eigenvalue weighted by Crippen LogP contribution is -2.51. The van der Waals surface area contributed by atoms with Gasteiger partial charge in [0.05, 0.1) is 30.0 Å². The molecule has 2 heterocycles. The maximum atomic E-state index is 13.5. The van der Waals surface area contributed by atoms with Gasteiger partial charge in [0.15, 0.2) is 0 Å². The number of hydrogen-bond donors (Lipinski definition) is 3. The number of carbonyl (C=O) groups excluding carboxylic acids is 1. The Labute approximate surface area is 214 Å². The monoisotopic (exact) mass is 529 g/mol. The van der Waals surface area contributed by atoms with E-state index in [1.807, 2.05) is 23.6 Å². The number of β-amino-alcohol motifs (C(OH)–C–C–N with tert-alkyl or cyclic N) is 1. The lowest BCUT2D eigenvalue weighted by molar-refractivity contribution is -0.137. The van der Waals surface area contributed by atoms with Gasteiger partial charge in [-0.05, 0) is 36.6 Å². The molecule has 1 fully saturated rings. The van der Waals surface area contributed by atoms with Crippen molar-refractivity contribution in [2.75, 3.05) is 45.9 Å². The number of hydrogen-bond acceptors (Lipinski definition) is 6. The Hall–Kier alpha value is -2.70. The van der Waals surface area contributed by atoms with E-state index in [1.54, 1.807) is 0 Å². The molecule has 1 amide bonds. The third-order valence-corrected chi connectivity index (χ3v) is 6.16. The minimum Gasteiger partial charge on any atom is -0.491 e. The maximum Gasteiger partial charge on any atom is 0.416 e. The highest BCUT2D eigenvalue weighted by atomic mass is 19.4. The Morgan fingerprint density at radius 1 is 1.16 bits per heavy atom. The molecule has 1 aromatic carbocycles. The van der Waals surface area contributed by atoms with Crippen molar-refractivity contribution in [3.8, 4) is 5.75 Å². The molecule has 37 heavy (non-hydrogen) atoms. The fourth-order valence-electron chi connectivity index (χ4n) is 4.16. The van der Waals surface area contributed by atoms with Crippen molar-refractivity contribution in [2.45, 2.75) is 45.8 Å². The van der Waals surface area contributed by atoms with E-state index >= 15 is 0 Å². The Bertz CT molecular complexity index is 989. The Kier molecular flexibility index (Phi) is 10.3. The van der Waals surface area contributed by atoms with Gasteiger partial charge < -0.3 is 15.2 Å². The molecule has 0 radical (unpaired) electrons. The van der Waals surface area contributed by atoms with Crippen LogP contribution in [0.4, 0.5) is 17.6 Å². The maximum absolute atomic E-state index is 13.5. The standard InChI is InChI=1S/C25H35F4N5O3/c1-17(2)11-22-21(12-26)23(32-31-22)13-30-24(36)15-34-9-7-33(8-10-34)14-19(35)16-37-20-5-3-18(4-6-20)25(27,28)29/h3-6,17,19,35H,7-16H2,1-2H3,(H,30,36)(H,31,32)/t19-/m1/s1. The van der Waals surface area contributed by atoms with Crippen molar-refractivity contribution in [2.24, 2.45) is 5.92 Å². The molecule has 0 unspecified atom stereocenters. The molecule has 1 atom stereocenters. The molecule has 0 bridgehead atoms. The van der Waals surface area contributed by atoms with Crippen molar-refractivity contribution < 1.29 is 32.2 Å². The molecule has 1 saturated heterocycles. The first-order chi connectivity index (χ1) is 17.5. The van der Waals surface area contributed by atoms with Crippen LogP contribution in [0.5, 0.6) is 5.75 Å². The average molecular weight is 530 g/mol. The van der Waals surface area contributed by atoms with Gasteiger partial charge in [-0.2, -0.15) is 18.3 Å². The predicted molar refractivity (Wildman–Crippen MR) is 130 cm³/mol. The van der Waals surface area contributed by atoms with Crippen molar-refractivity contribution in [1.29, 1.82) is 0 Å². The highest BCUT2D eigenvalue weighted by molar-refractivity contribution is 5.78. The summed E-state index contributed by atoms with van der Waals surface area (Å²) in [4.78, 5) is 16.5. The van der Waals surface area contributed by atoms with Gasteiger partial charge in [-0.1, -0.05) is 13.8 Å². The quantitative estimate of drug-likeness (QED) is 0.366. The number of aromatic amines is 1. The van der Waals surface area contributed by atoms with E-state index < -0.39 is 24.5 Å². The van der Waals surface area contributed by atoms with E-state index in [2.05, 4.69) is 15.5 Å². The van der Waals surface area contributed by atoms with Crippen LogP contribution >= 0.6 is 0 Å². The van der Waals surface area contributed by atoms with Crippen LogP contribution in [0.15, 0.2) is 24.3 Å². The van der Waals surface area contributed by atoms with E-state index in [1.165, 1.54) is 12.1 Å². The van der Waals surface area contributed by atoms with Crippen molar-refractivity contribution in [3.63, 3.8) is 0 Å². The number of H-pyrrole nitrogens is 1. The molecule has 12 heteroatoms. The second kappa shape index (κ2) is 13.2. The molecular weight excluding hydrogens is 494 g/mol. The topological polar surface area (TPSA) is 93.7 Å². The van der Waals surface area contributed by atoms with Gasteiger partial charge in [-0.3, -0.25) is 19.7 Å². The number of carbonyl (C=O) groups is 1. The summed E-state index contributed by atoms with van der Waals surface area (Å²) in [6.07, 6.45) is -4.54. The molecule has 2 aromatic rings. The zero-order chi connectivity index (χ0) is 27.0. The second-order valence-corrected chi connectivity index (χ2v) is 9.70. The van der Waals surface area contributed by atoms with Gasteiger partial charge >= 0.3 is 6.18 Å². The number of amides is 1. The number of nitrogens with one attached hydrogen (secondary N) is 2. The summed E-state index contributed by atoms with van der Waals surface area (Å²) in [6, 6.07) is 4.34. The molecule has 0 spiro atoms. The number of aliphatic hydroxyl groups is 1. The van der Waals surface area contributed by atoms with Gasteiger partial charge in [-0.25, -0.2) is 4.39 Å². The third kappa shape index (κ3) is 8.97. The molecule has 206 valence electrons. The van der Waals surface area contributed by atoms with Crippen LogP contribution in [0, 0.1) is 5.92 Å². The van der Waals surface area contributed by atoms with Gasteiger partial charge in [0.1, 0.15) is 25.1 Å². The van der Waals surface area contributed by atoms with Crippen LogP contribution in [0.25, 0.3) is 0 Å². The summed E-state index contributed by atoms with van der Waals surface area (Å²) >= 11 is 0. The molecular formula is C25H35F4N5O3. The first-order valence-electron chi connectivity index (χ1n) is 12.4. The number of ether oxygens (including phenoxy) is 1. The van der Waals surface area contributed by atoms with E-state index in [9.17, 15) is 27.5 Å². The fraction of sp³-hybridized carbons (Fsp3) is 0.600. The smallest absolute Gasteiger partial charge is 0.416 e. The zero-order valence-corrected chi connectivity index (χ0v) is 21.2. The summed E-state index contributed by atoms with van der Waals surface area (Å²) < 4.78 is 56.8. The van der Waals surface area contributed by atoms with Crippen LogP contribution in [-0.2, 0) is 30.6 Å². The van der Waals surface area contributed by atoms with Crippen LogP contribution < -0.4 is 10.1 Å². The number of rotatable bonds is 12. The fourth-order valence-corrected chi connectivity index (χ4v) is 4.16. The summed E-state index contributed by atoms with van der Waals surface area (Å²) in [5.74, 6) is 0.443. The minimum atomic E-state index is -4.41. The Morgan fingerprint density at radius 3 is 2.41 bits per heavy atom. The van der Waals surface area contributed by atoms with E-state index in [0.29, 0.717) is 62.0 Å². The number of nitrogens with zero attached hydrogens (tertiary/aromatic N) is 3. The van der Waals surface area contributed by atoms with Crippen molar-refractivity contribution in [3.05, 3.63) is 46.8 Å². The minimum absolute atomic E-state index is 0.0403. The van der Waals surface area contributed by atoms with Gasteiger partial charge in [0, 0.05) is 38.3 Å². The third-order valence-electron chi connectivity index (χ3n) is 6.16. The van der Waals surface area contributed by atoms with Crippen LogP contribution in [-0.4, -0.2) is 83.0 Å². The second-order valence-electron chi connectivity index (χ2n) is 9.70. The Morgan fingerprint density at radius 2 is 1.81 bits per heavy atom. The van der Waals surface area contributed by atoms with E-state index in [0.717, 1.165) is 12.1 Å². The number of aliphatic hydroxyl groups excluding tert-OH is 1. The summed E-state index contributed by atoms with van der Waals surface area (Å²) in [6.45, 7) is 6.73. The lowest BCUT2D eigenvalue weighted by atomic mass is 10.0. The highest BCUT2D eigenvalue weighted by Crippen LogP contribution is 2.30. The normalized spacial score (nSPS) is 16.2. The van der Waals surface area contributed by atoms with Gasteiger partial charge in [0.25, 0.3) is 0 Å². The summed E-state index contributed by atoms with van der Waals surface area (Å²) in [5.41, 5.74) is 1.05. The molecule has 8 nitrogen and oxygen atoms in total.